The largest absolute Gasteiger partial charge is 0.507 e. The lowest BCUT2D eigenvalue weighted by molar-refractivity contribution is 0.0952. The van der Waals surface area contributed by atoms with Crippen molar-refractivity contribution in [2.45, 2.75) is 6.92 Å². The standard InChI is InChI=1S/C15H13BrN2O2/c1-10-3-2-4-11(7-10)9-17-18-15(20)13-8-12(16)5-6-14(13)19/h2-9,19H,1H3,(H,18,20)/b17-9+. The van der Waals surface area contributed by atoms with Crippen molar-refractivity contribution in [3.63, 3.8) is 0 Å². The summed E-state index contributed by atoms with van der Waals surface area (Å²) in [5.74, 6) is -0.552. The first kappa shape index (κ1) is 14.3. The number of benzene rings is 2. The van der Waals surface area contributed by atoms with Crippen LogP contribution in [0.1, 0.15) is 21.5 Å². The number of hydrazone groups is 1. The van der Waals surface area contributed by atoms with Crippen LogP contribution in [0.2, 0.25) is 0 Å². The average molecular weight is 333 g/mol. The highest BCUT2D eigenvalue weighted by Crippen LogP contribution is 2.21. The third-order valence-corrected chi connectivity index (χ3v) is 3.12. The van der Waals surface area contributed by atoms with Crippen LogP contribution in [0.4, 0.5) is 0 Å². The second-order valence-electron chi connectivity index (χ2n) is 4.27. The molecule has 2 aromatic rings. The van der Waals surface area contributed by atoms with Gasteiger partial charge in [-0.25, -0.2) is 5.43 Å². The lowest BCUT2D eigenvalue weighted by Gasteiger charge is -2.03. The van der Waals surface area contributed by atoms with E-state index in [1.807, 2.05) is 31.2 Å². The summed E-state index contributed by atoms with van der Waals surface area (Å²) >= 11 is 3.25. The zero-order valence-electron chi connectivity index (χ0n) is 10.8. The van der Waals surface area contributed by atoms with Gasteiger partial charge in [-0.15, -0.1) is 0 Å². The molecule has 0 spiro atoms. The van der Waals surface area contributed by atoms with E-state index in [-0.39, 0.29) is 11.3 Å². The Kier molecular flexibility index (Phi) is 4.53. The molecule has 102 valence electrons. The van der Waals surface area contributed by atoms with Crippen molar-refractivity contribution in [1.82, 2.24) is 5.43 Å². The number of nitrogens with one attached hydrogen (secondary N) is 1. The molecule has 0 aliphatic carbocycles. The number of amides is 1. The number of aromatic hydroxyl groups is 1. The Labute approximate surface area is 125 Å². The number of carbonyl (C=O) groups is 1. The predicted octanol–water partition coefficient (Wildman–Crippen LogP) is 3.23. The third kappa shape index (κ3) is 3.68. The van der Waals surface area contributed by atoms with Gasteiger partial charge in [-0.05, 0) is 30.7 Å². The van der Waals surface area contributed by atoms with Gasteiger partial charge in [0.25, 0.3) is 5.91 Å². The highest BCUT2D eigenvalue weighted by atomic mass is 79.9. The van der Waals surface area contributed by atoms with Crippen molar-refractivity contribution >= 4 is 28.1 Å². The summed E-state index contributed by atoms with van der Waals surface area (Å²) in [6.07, 6.45) is 1.56. The summed E-state index contributed by atoms with van der Waals surface area (Å²) in [5.41, 5.74) is 4.56. The number of phenolic OH excluding ortho intramolecular Hbond substituents is 1. The minimum atomic E-state index is -0.465. The van der Waals surface area contributed by atoms with Crippen LogP contribution < -0.4 is 5.43 Å². The molecule has 1 amide bonds. The SMILES string of the molecule is Cc1cccc(/C=N/NC(=O)c2cc(Br)ccc2O)c1. The van der Waals surface area contributed by atoms with Crippen molar-refractivity contribution in [2.24, 2.45) is 5.10 Å². The van der Waals surface area contributed by atoms with E-state index >= 15 is 0 Å². The van der Waals surface area contributed by atoms with Gasteiger partial charge in [0, 0.05) is 4.47 Å². The van der Waals surface area contributed by atoms with Crippen LogP contribution in [0.25, 0.3) is 0 Å². The molecule has 2 rings (SSSR count). The van der Waals surface area contributed by atoms with Gasteiger partial charge in [0.2, 0.25) is 0 Å². The Morgan fingerprint density at radius 2 is 2.10 bits per heavy atom. The number of carbonyl (C=O) groups excluding carboxylic acids is 1. The minimum absolute atomic E-state index is 0.0866. The normalized spacial score (nSPS) is 10.7. The molecule has 2 aromatic carbocycles. The van der Waals surface area contributed by atoms with E-state index in [1.54, 1.807) is 12.3 Å². The molecule has 0 atom stereocenters. The zero-order chi connectivity index (χ0) is 14.5. The first-order valence-electron chi connectivity index (χ1n) is 5.95. The fraction of sp³-hybridized carbons (Fsp3) is 0.0667. The summed E-state index contributed by atoms with van der Waals surface area (Å²) in [6.45, 7) is 1.98. The van der Waals surface area contributed by atoms with Crippen LogP contribution >= 0.6 is 15.9 Å². The van der Waals surface area contributed by atoms with Crippen molar-refractivity contribution in [3.8, 4) is 5.75 Å². The molecular weight excluding hydrogens is 320 g/mol. The molecule has 0 saturated carbocycles. The number of hydrogen-bond acceptors (Lipinski definition) is 3. The molecule has 0 aliphatic rings. The molecular formula is C15H13BrN2O2. The lowest BCUT2D eigenvalue weighted by Crippen LogP contribution is -2.17. The maximum absolute atomic E-state index is 11.9. The smallest absolute Gasteiger partial charge is 0.275 e. The topological polar surface area (TPSA) is 61.7 Å². The van der Waals surface area contributed by atoms with E-state index in [0.717, 1.165) is 11.1 Å². The average Bonchev–Trinajstić information content (AvgIpc) is 2.41. The number of halogens is 1. The fourth-order valence-electron chi connectivity index (χ4n) is 1.67. The molecule has 0 aliphatic heterocycles. The van der Waals surface area contributed by atoms with Crippen LogP contribution in [0, 0.1) is 6.92 Å². The van der Waals surface area contributed by atoms with Crippen molar-refractivity contribution in [3.05, 3.63) is 63.6 Å². The number of phenols is 1. The van der Waals surface area contributed by atoms with Crippen molar-refractivity contribution < 1.29 is 9.90 Å². The van der Waals surface area contributed by atoms with E-state index in [1.165, 1.54) is 12.1 Å². The van der Waals surface area contributed by atoms with Crippen molar-refractivity contribution in [1.29, 1.82) is 0 Å². The monoisotopic (exact) mass is 332 g/mol. The van der Waals surface area contributed by atoms with Gasteiger partial charge < -0.3 is 5.11 Å². The quantitative estimate of drug-likeness (QED) is 0.669. The highest BCUT2D eigenvalue weighted by Gasteiger charge is 2.10. The Morgan fingerprint density at radius 1 is 1.30 bits per heavy atom. The van der Waals surface area contributed by atoms with Gasteiger partial charge in [0.1, 0.15) is 5.75 Å². The Morgan fingerprint density at radius 3 is 2.85 bits per heavy atom. The Bertz CT molecular complexity index is 669. The molecule has 0 aromatic heterocycles. The summed E-state index contributed by atoms with van der Waals surface area (Å²) < 4.78 is 0.711. The van der Waals surface area contributed by atoms with Crippen LogP contribution in [0.3, 0.4) is 0 Å². The van der Waals surface area contributed by atoms with Gasteiger partial charge >= 0.3 is 0 Å². The molecule has 0 heterocycles. The number of hydrogen-bond donors (Lipinski definition) is 2. The summed E-state index contributed by atoms with van der Waals surface area (Å²) in [6, 6.07) is 12.4. The third-order valence-electron chi connectivity index (χ3n) is 2.63. The van der Waals surface area contributed by atoms with Crippen LogP contribution in [-0.2, 0) is 0 Å². The summed E-state index contributed by atoms with van der Waals surface area (Å²) in [4.78, 5) is 11.9. The number of aryl methyl sites for hydroxylation is 1. The Hall–Kier alpha value is -2.14. The van der Waals surface area contributed by atoms with Gasteiger partial charge in [-0.1, -0.05) is 45.8 Å². The summed E-state index contributed by atoms with van der Waals surface area (Å²) in [7, 11) is 0. The molecule has 0 saturated heterocycles. The lowest BCUT2D eigenvalue weighted by atomic mass is 10.2. The van der Waals surface area contributed by atoms with Crippen LogP contribution in [0.5, 0.6) is 5.75 Å². The fourth-order valence-corrected chi connectivity index (χ4v) is 2.03. The van der Waals surface area contributed by atoms with Crippen LogP contribution in [0.15, 0.2) is 52.0 Å². The first-order valence-corrected chi connectivity index (χ1v) is 6.74. The maximum atomic E-state index is 11.9. The van der Waals surface area contributed by atoms with Gasteiger partial charge in [0.15, 0.2) is 0 Å². The second kappa shape index (κ2) is 6.34. The zero-order valence-corrected chi connectivity index (χ0v) is 12.4. The molecule has 2 N–H and O–H groups in total. The Balaban J connectivity index is 2.07. The van der Waals surface area contributed by atoms with Crippen molar-refractivity contribution in [2.75, 3.05) is 0 Å². The second-order valence-corrected chi connectivity index (χ2v) is 5.19. The van der Waals surface area contributed by atoms with E-state index < -0.39 is 5.91 Å². The number of rotatable bonds is 3. The van der Waals surface area contributed by atoms with Crippen LogP contribution in [-0.4, -0.2) is 17.2 Å². The van der Waals surface area contributed by atoms with E-state index in [4.69, 9.17) is 0 Å². The molecule has 0 fully saturated rings. The predicted molar refractivity (Wildman–Crippen MR) is 82.0 cm³/mol. The van der Waals surface area contributed by atoms with E-state index in [2.05, 4.69) is 26.5 Å². The summed E-state index contributed by atoms with van der Waals surface area (Å²) in [5, 5.41) is 13.5. The molecule has 0 unspecified atom stereocenters. The maximum Gasteiger partial charge on any atom is 0.275 e. The molecule has 5 heteroatoms. The van der Waals surface area contributed by atoms with E-state index in [0.29, 0.717) is 4.47 Å². The van der Waals surface area contributed by atoms with Gasteiger partial charge in [-0.3, -0.25) is 4.79 Å². The molecule has 4 nitrogen and oxygen atoms in total. The first-order chi connectivity index (χ1) is 9.56. The number of nitrogens with zero attached hydrogens (tertiary/aromatic N) is 1. The highest BCUT2D eigenvalue weighted by molar-refractivity contribution is 9.10. The molecule has 0 radical (unpaired) electrons. The molecule has 20 heavy (non-hydrogen) atoms. The van der Waals surface area contributed by atoms with Gasteiger partial charge in [0.05, 0.1) is 11.8 Å². The van der Waals surface area contributed by atoms with Gasteiger partial charge in [-0.2, -0.15) is 5.10 Å². The molecule has 0 bridgehead atoms. The van der Waals surface area contributed by atoms with E-state index in [9.17, 15) is 9.90 Å². The minimum Gasteiger partial charge on any atom is -0.507 e.